The summed E-state index contributed by atoms with van der Waals surface area (Å²) in [5.74, 6) is 0.889. The third-order valence-electron chi connectivity index (χ3n) is 7.15. The first-order valence-electron chi connectivity index (χ1n) is 13.3. The molecule has 0 aliphatic carbocycles. The van der Waals surface area contributed by atoms with Gasteiger partial charge in [-0.05, 0) is 31.9 Å². The van der Waals surface area contributed by atoms with Crippen molar-refractivity contribution in [1.29, 1.82) is 0 Å². The Morgan fingerprint density at radius 2 is 1.39 bits per heavy atom. The van der Waals surface area contributed by atoms with Crippen molar-refractivity contribution in [2.45, 2.75) is 64.7 Å². The van der Waals surface area contributed by atoms with Crippen molar-refractivity contribution in [3.63, 3.8) is 0 Å². The smallest absolute Gasteiger partial charge is 0.261 e. The van der Waals surface area contributed by atoms with E-state index >= 15 is 0 Å². The van der Waals surface area contributed by atoms with Crippen LogP contribution in [0.4, 0.5) is 5.82 Å². The summed E-state index contributed by atoms with van der Waals surface area (Å²) in [5.41, 5.74) is 2.01. The van der Waals surface area contributed by atoms with Crippen LogP contribution >= 0.6 is 0 Å². The van der Waals surface area contributed by atoms with E-state index in [-0.39, 0.29) is 17.7 Å². The summed E-state index contributed by atoms with van der Waals surface area (Å²) in [5, 5.41) is 0. The van der Waals surface area contributed by atoms with E-state index in [2.05, 4.69) is 14.9 Å². The van der Waals surface area contributed by atoms with E-state index in [1.807, 2.05) is 17.9 Å². The highest BCUT2D eigenvalue weighted by Crippen LogP contribution is 2.23. The first-order chi connectivity index (χ1) is 17.5. The van der Waals surface area contributed by atoms with Crippen molar-refractivity contribution in [2.24, 2.45) is 0 Å². The largest absolute Gasteiger partial charge is 0.353 e. The van der Waals surface area contributed by atoms with E-state index in [0.717, 1.165) is 89.1 Å². The van der Waals surface area contributed by atoms with Crippen molar-refractivity contribution in [2.75, 3.05) is 37.6 Å². The average molecular weight is 492 g/mol. The Kier molecular flexibility index (Phi) is 9.03. The fourth-order valence-electron chi connectivity index (χ4n) is 5.01. The molecule has 1 fully saturated rings. The van der Waals surface area contributed by atoms with Gasteiger partial charge in [-0.15, -0.1) is 0 Å². The molecule has 0 spiro atoms. The number of carbonyl (C=O) groups is 3. The molecule has 2 aliphatic heterocycles. The number of hydrogen-bond donors (Lipinski definition) is 0. The molecule has 3 heterocycles. The standard InChI is InChI=1S/C28H37N5O3/c1-22-20-25(30-21-29-22)31-16-18-32(19-17-31)26(34)14-8-6-4-2-3-5-7-11-15-33-27(35)23-12-9-10-13-24(23)28(33)36/h9-10,12-13,20-21H,2-8,11,14-19H2,1H3. The molecule has 1 saturated heterocycles. The zero-order chi connectivity index (χ0) is 25.3. The number of piperazine rings is 1. The Balaban J connectivity index is 1.00. The van der Waals surface area contributed by atoms with E-state index in [1.165, 1.54) is 4.90 Å². The average Bonchev–Trinajstić information content (AvgIpc) is 3.14. The molecule has 2 aliphatic rings. The highest BCUT2D eigenvalue weighted by atomic mass is 16.2. The monoisotopic (exact) mass is 491 g/mol. The van der Waals surface area contributed by atoms with Crippen LogP contribution in [0.5, 0.6) is 0 Å². The lowest BCUT2D eigenvalue weighted by Gasteiger charge is -2.35. The molecular formula is C28H37N5O3. The van der Waals surface area contributed by atoms with Crippen molar-refractivity contribution >= 4 is 23.5 Å². The second kappa shape index (κ2) is 12.6. The molecule has 8 heteroatoms. The molecule has 0 N–H and O–H groups in total. The van der Waals surface area contributed by atoms with Crippen molar-refractivity contribution in [3.05, 3.63) is 53.5 Å². The van der Waals surface area contributed by atoms with Crippen LogP contribution in [0.1, 0.15) is 84.2 Å². The predicted octanol–water partition coefficient (Wildman–Crippen LogP) is 4.24. The Hall–Kier alpha value is -3.29. The highest BCUT2D eigenvalue weighted by molar-refractivity contribution is 6.21. The number of rotatable bonds is 12. The molecule has 192 valence electrons. The van der Waals surface area contributed by atoms with Crippen LogP contribution in [0.2, 0.25) is 0 Å². The molecule has 4 rings (SSSR count). The van der Waals surface area contributed by atoms with Gasteiger partial charge in [-0.3, -0.25) is 19.3 Å². The van der Waals surface area contributed by atoms with Gasteiger partial charge in [0.05, 0.1) is 11.1 Å². The second-order valence-corrected chi connectivity index (χ2v) is 9.77. The summed E-state index contributed by atoms with van der Waals surface area (Å²) in [6.45, 7) is 5.60. The quantitative estimate of drug-likeness (QED) is 0.326. The molecule has 0 unspecified atom stereocenters. The lowest BCUT2D eigenvalue weighted by atomic mass is 10.1. The minimum Gasteiger partial charge on any atom is -0.353 e. The number of carbonyl (C=O) groups excluding carboxylic acids is 3. The maximum Gasteiger partial charge on any atom is 0.261 e. The molecule has 0 saturated carbocycles. The molecule has 36 heavy (non-hydrogen) atoms. The number of aryl methyl sites for hydroxylation is 1. The summed E-state index contributed by atoms with van der Waals surface area (Å²) in [4.78, 5) is 51.4. The summed E-state index contributed by atoms with van der Waals surface area (Å²) in [6.07, 6.45) is 10.7. The van der Waals surface area contributed by atoms with Crippen molar-refractivity contribution in [3.8, 4) is 0 Å². The number of aromatic nitrogens is 2. The predicted molar refractivity (Wildman–Crippen MR) is 139 cm³/mol. The van der Waals surface area contributed by atoms with E-state index in [9.17, 15) is 14.4 Å². The van der Waals surface area contributed by atoms with Gasteiger partial charge in [-0.25, -0.2) is 9.97 Å². The Labute approximate surface area is 213 Å². The fraction of sp³-hybridized carbons (Fsp3) is 0.536. The molecule has 2 aromatic rings. The van der Waals surface area contributed by atoms with Gasteiger partial charge >= 0.3 is 0 Å². The topological polar surface area (TPSA) is 86.7 Å². The maximum absolute atomic E-state index is 12.6. The third kappa shape index (κ3) is 6.47. The van der Waals surface area contributed by atoms with Crippen molar-refractivity contribution < 1.29 is 14.4 Å². The Morgan fingerprint density at radius 3 is 2.00 bits per heavy atom. The molecule has 0 radical (unpaired) electrons. The van der Waals surface area contributed by atoms with Gasteiger partial charge in [0.2, 0.25) is 5.91 Å². The van der Waals surface area contributed by atoms with Crippen LogP contribution in [0.15, 0.2) is 36.7 Å². The van der Waals surface area contributed by atoms with Gasteiger partial charge < -0.3 is 9.80 Å². The van der Waals surface area contributed by atoms with Crippen LogP contribution in [0.25, 0.3) is 0 Å². The van der Waals surface area contributed by atoms with Gasteiger partial charge in [0.1, 0.15) is 12.1 Å². The highest BCUT2D eigenvalue weighted by Gasteiger charge is 2.34. The van der Waals surface area contributed by atoms with Crippen LogP contribution in [0.3, 0.4) is 0 Å². The lowest BCUT2D eigenvalue weighted by molar-refractivity contribution is -0.131. The van der Waals surface area contributed by atoms with E-state index < -0.39 is 0 Å². The molecular weight excluding hydrogens is 454 g/mol. The van der Waals surface area contributed by atoms with Crippen molar-refractivity contribution in [1.82, 2.24) is 19.8 Å². The molecule has 3 amide bonds. The zero-order valence-electron chi connectivity index (χ0n) is 21.3. The number of amides is 3. The van der Waals surface area contributed by atoms with E-state index in [1.54, 1.807) is 30.6 Å². The molecule has 8 nitrogen and oxygen atoms in total. The third-order valence-corrected chi connectivity index (χ3v) is 7.15. The molecule has 1 aromatic heterocycles. The minimum atomic E-state index is -0.159. The molecule has 0 atom stereocenters. The summed E-state index contributed by atoms with van der Waals surface area (Å²) >= 11 is 0. The van der Waals surface area contributed by atoms with E-state index in [0.29, 0.717) is 24.1 Å². The number of nitrogens with zero attached hydrogens (tertiary/aromatic N) is 5. The summed E-state index contributed by atoms with van der Waals surface area (Å²) < 4.78 is 0. The molecule has 1 aromatic carbocycles. The van der Waals surface area contributed by atoms with Gasteiger partial charge in [-0.2, -0.15) is 0 Å². The van der Waals surface area contributed by atoms with Gasteiger partial charge in [0.25, 0.3) is 11.8 Å². The number of imide groups is 1. The number of anilines is 1. The Bertz CT molecular complexity index is 1030. The first-order valence-corrected chi connectivity index (χ1v) is 13.3. The number of unbranched alkanes of at least 4 members (excludes halogenated alkanes) is 7. The van der Waals surface area contributed by atoms with Crippen LogP contribution in [0, 0.1) is 6.92 Å². The second-order valence-electron chi connectivity index (χ2n) is 9.77. The fourth-order valence-corrected chi connectivity index (χ4v) is 5.01. The van der Waals surface area contributed by atoms with Crippen LogP contribution < -0.4 is 4.90 Å². The number of fused-ring (bicyclic) bond motifs is 1. The lowest BCUT2D eigenvalue weighted by Crippen LogP contribution is -2.49. The number of benzene rings is 1. The van der Waals surface area contributed by atoms with Gasteiger partial charge in [-0.1, -0.05) is 50.7 Å². The molecule has 0 bridgehead atoms. The SMILES string of the molecule is Cc1cc(N2CCN(C(=O)CCCCCCCCCCN3C(=O)c4ccccc4C3=O)CC2)ncn1. The summed E-state index contributed by atoms with van der Waals surface area (Å²) in [6, 6.07) is 9.05. The van der Waals surface area contributed by atoms with Gasteiger partial charge in [0.15, 0.2) is 0 Å². The van der Waals surface area contributed by atoms with Crippen LogP contribution in [-0.4, -0.2) is 70.2 Å². The minimum absolute atomic E-state index is 0.159. The first kappa shape index (κ1) is 25.8. The summed E-state index contributed by atoms with van der Waals surface area (Å²) in [7, 11) is 0. The Morgan fingerprint density at radius 1 is 0.806 bits per heavy atom. The van der Waals surface area contributed by atoms with Crippen LogP contribution in [-0.2, 0) is 4.79 Å². The zero-order valence-corrected chi connectivity index (χ0v) is 21.3. The normalized spacial score (nSPS) is 15.5. The maximum atomic E-state index is 12.6. The van der Waals surface area contributed by atoms with Gasteiger partial charge in [0, 0.05) is 50.9 Å². The number of hydrogen-bond acceptors (Lipinski definition) is 6. The van der Waals surface area contributed by atoms with E-state index in [4.69, 9.17) is 0 Å².